The Hall–Kier alpha value is -1.28. The molecule has 0 aliphatic heterocycles. The summed E-state index contributed by atoms with van der Waals surface area (Å²) in [4.78, 5) is 10.7. The minimum atomic E-state index is -0.480. The first-order valence-corrected chi connectivity index (χ1v) is 3.92. The van der Waals surface area contributed by atoms with Crippen LogP contribution in [0.5, 0.6) is 0 Å². The summed E-state index contributed by atoms with van der Waals surface area (Å²) >= 11 is 5.30. The van der Waals surface area contributed by atoms with Crippen LogP contribution < -0.4 is 0 Å². The van der Waals surface area contributed by atoms with Crippen molar-refractivity contribution in [3.05, 3.63) is 36.7 Å². The van der Waals surface area contributed by atoms with Crippen LogP contribution in [0.2, 0.25) is 0 Å². The van der Waals surface area contributed by atoms with Gasteiger partial charge in [0.15, 0.2) is 0 Å². The molecule has 0 amide bonds. The fraction of sp³-hybridized carbons (Fsp3) is 0. The van der Waals surface area contributed by atoms with Gasteiger partial charge in [-0.05, 0) is 22.4 Å². The molecular formula is C9H6ClNO. The number of carbonyl (C=O) groups is 1. The Morgan fingerprint density at radius 1 is 1.17 bits per heavy atom. The SMILES string of the molecule is O=C(Cl)n1cc2ccccc2c1. The number of halogens is 1. The summed E-state index contributed by atoms with van der Waals surface area (Å²) in [6.45, 7) is 0. The van der Waals surface area contributed by atoms with Crippen molar-refractivity contribution in [3.63, 3.8) is 0 Å². The van der Waals surface area contributed by atoms with E-state index < -0.39 is 5.37 Å². The zero-order valence-electron chi connectivity index (χ0n) is 6.20. The van der Waals surface area contributed by atoms with Crippen LogP contribution >= 0.6 is 11.6 Å². The molecule has 0 radical (unpaired) electrons. The first-order valence-electron chi connectivity index (χ1n) is 3.54. The molecule has 1 aromatic heterocycles. The van der Waals surface area contributed by atoms with E-state index in [1.807, 2.05) is 24.3 Å². The fourth-order valence-electron chi connectivity index (χ4n) is 1.18. The molecule has 0 saturated heterocycles. The van der Waals surface area contributed by atoms with Crippen LogP contribution in [-0.2, 0) is 0 Å². The average Bonchev–Trinajstić information content (AvgIpc) is 2.46. The van der Waals surface area contributed by atoms with Crippen LogP contribution in [0.4, 0.5) is 4.79 Å². The maximum atomic E-state index is 10.7. The Morgan fingerprint density at radius 2 is 1.67 bits per heavy atom. The van der Waals surface area contributed by atoms with Crippen molar-refractivity contribution in [2.24, 2.45) is 0 Å². The highest BCUT2D eigenvalue weighted by Crippen LogP contribution is 2.14. The minimum Gasteiger partial charge on any atom is -0.280 e. The third kappa shape index (κ3) is 1.10. The van der Waals surface area contributed by atoms with E-state index in [2.05, 4.69) is 0 Å². The van der Waals surface area contributed by atoms with Crippen LogP contribution in [0.25, 0.3) is 10.8 Å². The van der Waals surface area contributed by atoms with E-state index in [1.165, 1.54) is 4.57 Å². The van der Waals surface area contributed by atoms with Gasteiger partial charge in [0, 0.05) is 12.4 Å². The lowest BCUT2D eigenvalue weighted by Gasteiger charge is -1.86. The van der Waals surface area contributed by atoms with Gasteiger partial charge in [0.25, 0.3) is 0 Å². The number of hydrogen-bond acceptors (Lipinski definition) is 1. The summed E-state index contributed by atoms with van der Waals surface area (Å²) in [6, 6.07) is 7.72. The average molecular weight is 180 g/mol. The van der Waals surface area contributed by atoms with Crippen molar-refractivity contribution in [2.75, 3.05) is 0 Å². The van der Waals surface area contributed by atoms with E-state index in [0.717, 1.165) is 10.8 Å². The quantitative estimate of drug-likeness (QED) is 0.570. The van der Waals surface area contributed by atoms with Gasteiger partial charge >= 0.3 is 5.37 Å². The van der Waals surface area contributed by atoms with Crippen molar-refractivity contribution < 1.29 is 4.79 Å². The monoisotopic (exact) mass is 179 g/mol. The Morgan fingerprint density at radius 3 is 2.08 bits per heavy atom. The van der Waals surface area contributed by atoms with E-state index in [4.69, 9.17) is 11.6 Å². The zero-order chi connectivity index (χ0) is 8.55. The Balaban J connectivity index is 2.70. The first kappa shape index (κ1) is 7.37. The van der Waals surface area contributed by atoms with Gasteiger partial charge in [0.2, 0.25) is 0 Å². The Labute approximate surface area is 74.4 Å². The van der Waals surface area contributed by atoms with Crippen molar-refractivity contribution in [1.82, 2.24) is 4.57 Å². The second-order valence-corrected chi connectivity index (χ2v) is 2.87. The van der Waals surface area contributed by atoms with Crippen LogP contribution in [0.15, 0.2) is 36.7 Å². The summed E-state index contributed by atoms with van der Waals surface area (Å²) in [6.07, 6.45) is 3.43. The van der Waals surface area contributed by atoms with E-state index in [0.29, 0.717) is 0 Å². The van der Waals surface area contributed by atoms with Gasteiger partial charge in [0.05, 0.1) is 0 Å². The second kappa shape index (κ2) is 2.64. The highest BCUT2D eigenvalue weighted by Gasteiger charge is 2.01. The fourth-order valence-corrected chi connectivity index (χ4v) is 1.28. The van der Waals surface area contributed by atoms with Gasteiger partial charge in [-0.3, -0.25) is 9.36 Å². The summed E-state index contributed by atoms with van der Waals surface area (Å²) in [5.41, 5.74) is 0. The number of hydrogen-bond donors (Lipinski definition) is 0. The molecule has 60 valence electrons. The smallest absolute Gasteiger partial charge is 0.280 e. The van der Waals surface area contributed by atoms with Gasteiger partial charge in [0.1, 0.15) is 0 Å². The third-order valence-electron chi connectivity index (χ3n) is 1.76. The predicted molar refractivity (Wildman–Crippen MR) is 48.6 cm³/mol. The lowest BCUT2D eigenvalue weighted by molar-refractivity contribution is 0.261. The van der Waals surface area contributed by atoms with Crippen LogP contribution in [0, 0.1) is 0 Å². The number of carbonyl (C=O) groups excluding carboxylic acids is 1. The molecule has 0 spiro atoms. The molecule has 0 saturated carbocycles. The number of aromatic nitrogens is 1. The second-order valence-electron chi connectivity index (χ2n) is 2.55. The molecule has 2 nitrogen and oxygen atoms in total. The van der Waals surface area contributed by atoms with Gasteiger partial charge in [-0.15, -0.1) is 0 Å². The molecule has 12 heavy (non-hydrogen) atoms. The maximum Gasteiger partial charge on any atom is 0.324 e. The van der Waals surface area contributed by atoms with Gasteiger partial charge in [-0.25, -0.2) is 0 Å². The molecule has 0 fully saturated rings. The number of benzene rings is 1. The Kier molecular flexibility index (Phi) is 1.62. The molecule has 0 aliphatic rings. The molecule has 2 rings (SSSR count). The topological polar surface area (TPSA) is 22.0 Å². The molecule has 0 N–H and O–H groups in total. The maximum absolute atomic E-state index is 10.7. The molecule has 3 heteroatoms. The lowest BCUT2D eigenvalue weighted by atomic mass is 10.2. The van der Waals surface area contributed by atoms with Crippen LogP contribution in [0.1, 0.15) is 0 Å². The molecule has 0 bridgehead atoms. The van der Waals surface area contributed by atoms with E-state index in [9.17, 15) is 4.79 Å². The summed E-state index contributed by atoms with van der Waals surface area (Å²) in [5.74, 6) is 0. The van der Waals surface area contributed by atoms with Crippen molar-refractivity contribution in [2.45, 2.75) is 0 Å². The van der Waals surface area contributed by atoms with Crippen molar-refractivity contribution >= 4 is 27.7 Å². The van der Waals surface area contributed by atoms with Crippen molar-refractivity contribution in [1.29, 1.82) is 0 Å². The van der Waals surface area contributed by atoms with Crippen LogP contribution in [-0.4, -0.2) is 9.93 Å². The highest BCUT2D eigenvalue weighted by molar-refractivity contribution is 6.63. The first-order chi connectivity index (χ1) is 5.77. The molecule has 0 unspecified atom stereocenters. The summed E-state index contributed by atoms with van der Waals surface area (Å²) < 4.78 is 1.37. The van der Waals surface area contributed by atoms with Gasteiger partial charge in [-0.1, -0.05) is 24.3 Å². The molecule has 0 atom stereocenters. The molecule has 0 aliphatic carbocycles. The predicted octanol–water partition coefficient (Wildman–Crippen LogP) is 2.85. The normalized spacial score (nSPS) is 10.4. The van der Waals surface area contributed by atoms with E-state index in [1.54, 1.807) is 12.4 Å². The number of nitrogens with zero attached hydrogens (tertiary/aromatic N) is 1. The largest absolute Gasteiger partial charge is 0.324 e. The van der Waals surface area contributed by atoms with E-state index >= 15 is 0 Å². The lowest BCUT2D eigenvalue weighted by Crippen LogP contribution is -1.95. The number of rotatable bonds is 0. The van der Waals surface area contributed by atoms with Crippen molar-refractivity contribution in [3.8, 4) is 0 Å². The molecule has 2 aromatic rings. The molecule has 1 aromatic carbocycles. The summed E-state index contributed by atoms with van der Waals surface area (Å²) in [5, 5.41) is 1.56. The van der Waals surface area contributed by atoms with Crippen LogP contribution in [0.3, 0.4) is 0 Å². The number of fused-ring (bicyclic) bond motifs is 1. The minimum absolute atomic E-state index is 0.480. The highest BCUT2D eigenvalue weighted by atomic mass is 35.5. The molecular weight excluding hydrogens is 174 g/mol. The van der Waals surface area contributed by atoms with E-state index in [-0.39, 0.29) is 0 Å². The van der Waals surface area contributed by atoms with Gasteiger partial charge < -0.3 is 0 Å². The standard InChI is InChI=1S/C9H6ClNO/c10-9(12)11-5-7-3-1-2-4-8(7)6-11/h1-6H. The van der Waals surface area contributed by atoms with Gasteiger partial charge in [-0.2, -0.15) is 0 Å². The molecule has 1 heterocycles. The summed E-state index contributed by atoms with van der Waals surface area (Å²) in [7, 11) is 0. The third-order valence-corrected chi connectivity index (χ3v) is 1.95. The Bertz CT molecular complexity index is 400. The zero-order valence-corrected chi connectivity index (χ0v) is 6.95.